The molecule has 3 heteroatoms. The van der Waals surface area contributed by atoms with Crippen LogP contribution in [-0.4, -0.2) is 0 Å². The zero-order chi connectivity index (χ0) is 13.1. The molecule has 18 heavy (non-hydrogen) atoms. The summed E-state index contributed by atoms with van der Waals surface area (Å²) in [5.41, 5.74) is 3.63. The summed E-state index contributed by atoms with van der Waals surface area (Å²) in [6.07, 6.45) is 1.08. The van der Waals surface area contributed by atoms with Crippen molar-refractivity contribution in [2.45, 2.75) is 33.3 Å². The summed E-state index contributed by atoms with van der Waals surface area (Å²) in [5, 5.41) is 2.09. The predicted molar refractivity (Wildman–Crippen MR) is 81.6 cm³/mol. The van der Waals surface area contributed by atoms with Crippen LogP contribution in [0.3, 0.4) is 0 Å². The Kier molecular flexibility index (Phi) is 4.46. The maximum Gasteiger partial charge on any atom is 0.126 e. The van der Waals surface area contributed by atoms with Crippen LogP contribution in [0.25, 0.3) is 0 Å². The molecule has 1 aromatic heterocycles. The van der Waals surface area contributed by atoms with Crippen LogP contribution in [0.1, 0.15) is 36.1 Å². The molecule has 1 nitrogen and oxygen atoms in total. The van der Waals surface area contributed by atoms with Gasteiger partial charge in [0.25, 0.3) is 0 Å². The monoisotopic (exact) mass is 324 g/mol. The number of halogens is 1. The zero-order valence-electron chi connectivity index (χ0n) is 10.9. The maximum atomic E-state index is 6.23. The molecule has 1 unspecified atom stereocenters. The van der Waals surface area contributed by atoms with Crippen LogP contribution in [0.4, 0.5) is 0 Å². The molecule has 1 atom stereocenters. The van der Waals surface area contributed by atoms with E-state index in [2.05, 4.69) is 66.3 Å². The van der Waals surface area contributed by atoms with E-state index in [1.165, 1.54) is 20.5 Å². The van der Waals surface area contributed by atoms with Crippen molar-refractivity contribution in [3.05, 3.63) is 50.1 Å². The maximum absolute atomic E-state index is 6.23. The van der Waals surface area contributed by atoms with Gasteiger partial charge in [0.2, 0.25) is 0 Å². The zero-order valence-corrected chi connectivity index (χ0v) is 13.3. The Bertz CT molecular complexity index is 513. The Hall–Kier alpha value is -0.800. The van der Waals surface area contributed by atoms with Crippen molar-refractivity contribution < 1.29 is 4.74 Å². The molecule has 0 saturated carbocycles. The minimum Gasteiger partial charge on any atom is -0.485 e. The second kappa shape index (κ2) is 5.89. The third kappa shape index (κ3) is 2.78. The van der Waals surface area contributed by atoms with Crippen molar-refractivity contribution in [2.75, 3.05) is 0 Å². The molecule has 2 rings (SSSR count). The van der Waals surface area contributed by atoms with Crippen LogP contribution in [0.5, 0.6) is 5.75 Å². The summed E-state index contributed by atoms with van der Waals surface area (Å²) in [6, 6.07) is 8.39. The van der Waals surface area contributed by atoms with Gasteiger partial charge in [-0.15, -0.1) is 11.3 Å². The molecule has 0 aliphatic carbocycles. The van der Waals surface area contributed by atoms with Gasteiger partial charge in [-0.1, -0.05) is 25.1 Å². The second-order valence-electron chi connectivity index (χ2n) is 4.39. The third-order valence-corrected chi connectivity index (χ3v) is 4.77. The Balaban J connectivity index is 2.29. The SMILES string of the molecule is CCC(Oc1c(C)cccc1C)c1ccsc1Br. The predicted octanol–water partition coefficient (Wildman–Crippen LogP) is 5.66. The Morgan fingerprint density at radius 2 is 1.89 bits per heavy atom. The first kappa shape index (κ1) is 13.6. The number of aryl methyl sites for hydroxylation is 2. The Labute approximate surface area is 121 Å². The number of hydrogen-bond donors (Lipinski definition) is 0. The van der Waals surface area contributed by atoms with E-state index in [4.69, 9.17) is 4.74 Å². The molecule has 0 bridgehead atoms. The fourth-order valence-electron chi connectivity index (χ4n) is 2.03. The topological polar surface area (TPSA) is 9.23 Å². The first-order chi connectivity index (χ1) is 8.63. The highest BCUT2D eigenvalue weighted by Gasteiger charge is 2.17. The minimum atomic E-state index is 0.116. The Morgan fingerprint density at radius 3 is 2.39 bits per heavy atom. The van der Waals surface area contributed by atoms with Crippen LogP contribution in [0.2, 0.25) is 0 Å². The molecule has 0 amide bonds. The van der Waals surface area contributed by atoms with E-state index in [9.17, 15) is 0 Å². The molecule has 0 fully saturated rings. The highest BCUT2D eigenvalue weighted by Crippen LogP contribution is 2.35. The van der Waals surface area contributed by atoms with Crippen molar-refractivity contribution in [3.63, 3.8) is 0 Å². The smallest absolute Gasteiger partial charge is 0.126 e. The van der Waals surface area contributed by atoms with Crippen molar-refractivity contribution in [1.29, 1.82) is 0 Å². The van der Waals surface area contributed by atoms with Gasteiger partial charge >= 0.3 is 0 Å². The molecule has 1 heterocycles. The lowest BCUT2D eigenvalue weighted by Crippen LogP contribution is -2.07. The fourth-order valence-corrected chi connectivity index (χ4v) is 3.41. The number of para-hydroxylation sites is 1. The summed E-state index contributed by atoms with van der Waals surface area (Å²) < 4.78 is 7.39. The van der Waals surface area contributed by atoms with Crippen LogP contribution in [-0.2, 0) is 0 Å². The quantitative estimate of drug-likeness (QED) is 0.705. The van der Waals surface area contributed by atoms with Gasteiger partial charge in [-0.3, -0.25) is 0 Å². The van der Waals surface area contributed by atoms with E-state index < -0.39 is 0 Å². The number of rotatable bonds is 4. The van der Waals surface area contributed by atoms with E-state index in [0.717, 1.165) is 12.2 Å². The largest absolute Gasteiger partial charge is 0.485 e. The van der Waals surface area contributed by atoms with E-state index in [1.54, 1.807) is 11.3 Å². The van der Waals surface area contributed by atoms with Gasteiger partial charge in [0.1, 0.15) is 11.9 Å². The molecule has 1 aromatic carbocycles. The molecule has 96 valence electrons. The molecular weight excluding hydrogens is 308 g/mol. The number of hydrogen-bond acceptors (Lipinski definition) is 2. The summed E-state index contributed by atoms with van der Waals surface area (Å²) in [7, 11) is 0. The fraction of sp³-hybridized carbons (Fsp3) is 0.333. The highest BCUT2D eigenvalue weighted by atomic mass is 79.9. The molecule has 0 N–H and O–H groups in total. The standard InChI is InChI=1S/C15H17BrOS/c1-4-13(12-8-9-18-15(12)16)17-14-10(2)6-5-7-11(14)3/h5-9,13H,4H2,1-3H3. The van der Waals surface area contributed by atoms with Crippen molar-refractivity contribution in [2.24, 2.45) is 0 Å². The van der Waals surface area contributed by atoms with Gasteiger partial charge in [-0.25, -0.2) is 0 Å². The molecular formula is C15H17BrOS. The van der Waals surface area contributed by atoms with Gasteiger partial charge in [-0.2, -0.15) is 0 Å². The van der Waals surface area contributed by atoms with Crippen LogP contribution in [0, 0.1) is 13.8 Å². The number of benzene rings is 1. The van der Waals surface area contributed by atoms with E-state index in [0.29, 0.717) is 0 Å². The van der Waals surface area contributed by atoms with Gasteiger partial charge in [0.15, 0.2) is 0 Å². The summed E-state index contributed by atoms with van der Waals surface area (Å²) >= 11 is 5.30. The number of thiophene rings is 1. The molecule has 0 aliphatic rings. The van der Waals surface area contributed by atoms with E-state index >= 15 is 0 Å². The molecule has 0 spiro atoms. The van der Waals surface area contributed by atoms with Crippen LogP contribution in [0.15, 0.2) is 33.4 Å². The first-order valence-electron chi connectivity index (χ1n) is 6.09. The minimum absolute atomic E-state index is 0.116. The highest BCUT2D eigenvalue weighted by molar-refractivity contribution is 9.11. The second-order valence-corrected chi connectivity index (χ2v) is 6.62. The van der Waals surface area contributed by atoms with E-state index in [-0.39, 0.29) is 6.10 Å². The third-order valence-electron chi connectivity index (χ3n) is 3.03. The lowest BCUT2D eigenvalue weighted by molar-refractivity contribution is 0.198. The Morgan fingerprint density at radius 1 is 1.22 bits per heavy atom. The lowest BCUT2D eigenvalue weighted by atomic mass is 10.1. The summed E-state index contributed by atoms with van der Waals surface area (Å²) in [4.78, 5) is 0. The van der Waals surface area contributed by atoms with Crippen LogP contribution >= 0.6 is 27.3 Å². The van der Waals surface area contributed by atoms with Crippen molar-refractivity contribution in [3.8, 4) is 5.75 Å². The molecule has 0 saturated heterocycles. The summed E-state index contributed by atoms with van der Waals surface area (Å²) in [5.74, 6) is 1.02. The first-order valence-corrected chi connectivity index (χ1v) is 7.76. The molecule has 0 aliphatic heterocycles. The number of ether oxygens (including phenoxy) is 1. The van der Waals surface area contributed by atoms with Gasteiger partial charge in [-0.05, 0) is 58.8 Å². The van der Waals surface area contributed by atoms with Crippen LogP contribution < -0.4 is 4.74 Å². The van der Waals surface area contributed by atoms with Crippen molar-refractivity contribution >= 4 is 27.3 Å². The average molecular weight is 325 g/mol. The lowest BCUT2D eigenvalue weighted by Gasteiger charge is -2.20. The van der Waals surface area contributed by atoms with E-state index in [1.807, 2.05) is 0 Å². The van der Waals surface area contributed by atoms with Gasteiger partial charge in [0, 0.05) is 5.56 Å². The average Bonchev–Trinajstić information content (AvgIpc) is 2.76. The molecule has 0 radical (unpaired) electrons. The summed E-state index contributed by atoms with van der Waals surface area (Å²) in [6.45, 7) is 6.35. The molecule has 2 aromatic rings. The van der Waals surface area contributed by atoms with Crippen molar-refractivity contribution in [1.82, 2.24) is 0 Å². The normalized spacial score (nSPS) is 12.4. The van der Waals surface area contributed by atoms with Gasteiger partial charge < -0.3 is 4.74 Å². The van der Waals surface area contributed by atoms with Gasteiger partial charge in [0.05, 0.1) is 3.79 Å².